The van der Waals surface area contributed by atoms with Gasteiger partial charge in [-0.05, 0) is 37.1 Å². The van der Waals surface area contributed by atoms with Gasteiger partial charge in [0.05, 0.1) is 11.4 Å². The van der Waals surface area contributed by atoms with Crippen molar-refractivity contribution < 1.29 is 8.42 Å². The first-order valence-electron chi connectivity index (χ1n) is 8.56. The maximum atomic E-state index is 12.4. The van der Waals surface area contributed by atoms with Gasteiger partial charge < -0.3 is 0 Å². The van der Waals surface area contributed by atoms with Crippen LogP contribution in [0.25, 0.3) is 11.4 Å². The number of benzene rings is 2. The lowest BCUT2D eigenvalue weighted by Gasteiger charge is -2.08. The topological polar surface area (TPSA) is 86.0 Å². The van der Waals surface area contributed by atoms with E-state index in [9.17, 15) is 13.2 Å². The molecule has 0 radical (unpaired) electrons. The summed E-state index contributed by atoms with van der Waals surface area (Å²) in [6.07, 6.45) is 0. The van der Waals surface area contributed by atoms with E-state index in [2.05, 4.69) is 9.82 Å². The molecule has 1 aromatic heterocycles. The smallest absolute Gasteiger partial charge is 0.278 e. The summed E-state index contributed by atoms with van der Waals surface area (Å²) in [5.74, 6) is 0.539. The molecule has 0 saturated heterocycles. The fourth-order valence-corrected chi connectivity index (χ4v) is 3.83. The molecule has 1 N–H and O–H groups in total. The number of hydrogen-bond donors (Lipinski definition) is 1. The molecule has 3 rings (SSSR count). The van der Waals surface area contributed by atoms with Crippen LogP contribution in [-0.4, -0.2) is 29.3 Å². The van der Waals surface area contributed by atoms with Gasteiger partial charge in [-0.15, -0.1) is 5.10 Å². The maximum absolute atomic E-state index is 12.4. The third kappa shape index (κ3) is 4.01. The van der Waals surface area contributed by atoms with Crippen LogP contribution in [0.15, 0.2) is 58.2 Å². The van der Waals surface area contributed by atoms with Crippen LogP contribution in [0, 0.1) is 13.8 Å². The zero-order valence-electron chi connectivity index (χ0n) is 15.5. The van der Waals surface area contributed by atoms with Crippen molar-refractivity contribution in [1.29, 1.82) is 0 Å². The molecular weight excluding hydrogens is 364 g/mol. The number of aromatic nitrogens is 3. The average Bonchev–Trinajstić information content (AvgIpc) is 2.93. The van der Waals surface area contributed by atoms with Gasteiger partial charge in [0.15, 0.2) is 5.82 Å². The van der Waals surface area contributed by atoms with Gasteiger partial charge in [-0.25, -0.2) is 22.6 Å². The first-order valence-corrected chi connectivity index (χ1v) is 10.0. The molecule has 0 aliphatic heterocycles. The lowest BCUT2D eigenvalue weighted by molar-refractivity contribution is 0.551. The Labute approximate surface area is 158 Å². The molecule has 0 saturated carbocycles. The van der Waals surface area contributed by atoms with Crippen molar-refractivity contribution >= 4 is 10.0 Å². The van der Waals surface area contributed by atoms with Gasteiger partial charge in [-0.3, -0.25) is 4.57 Å². The van der Waals surface area contributed by atoms with Gasteiger partial charge in [0.2, 0.25) is 10.0 Å². The fourth-order valence-electron chi connectivity index (χ4n) is 2.72. The Balaban J connectivity index is 1.74. The van der Waals surface area contributed by atoms with Crippen molar-refractivity contribution in [2.75, 3.05) is 6.54 Å². The molecule has 7 nitrogen and oxygen atoms in total. The Bertz CT molecular complexity index is 1120. The third-order valence-electron chi connectivity index (χ3n) is 4.48. The van der Waals surface area contributed by atoms with E-state index >= 15 is 0 Å². The molecule has 0 aliphatic rings. The summed E-state index contributed by atoms with van der Waals surface area (Å²) in [4.78, 5) is 12.6. The zero-order chi connectivity index (χ0) is 19.6. The summed E-state index contributed by atoms with van der Waals surface area (Å²) >= 11 is 0. The van der Waals surface area contributed by atoms with E-state index in [1.54, 1.807) is 25.2 Å². The SMILES string of the molecule is Cc1ccc(S(=O)(=O)NCCn2nc(-c3ccccc3)n(C)c2=O)cc1C. The van der Waals surface area contributed by atoms with Crippen molar-refractivity contribution in [2.45, 2.75) is 25.3 Å². The Hall–Kier alpha value is -2.71. The Morgan fingerprint density at radius 1 is 1.04 bits per heavy atom. The molecule has 0 aliphatic carbocycles. The number of aryl methyl sites for hydroxylation is 2. The number of hydrogen-bond acceptors (Lipinski definition) is 4. The van der Waals surface area contributed by atoms with Crippen molar-refractivity contribution in [3.8, 4) is 11.4 Å². The monoisotopic (exact) mass is 386 g/mol. The largest absolute Gasteiger partial charge is 0.345 e. The highest BCUT2D eigenvalue weighted by Crippen LogP contribution is 2.15. The fraction of sp³-hybridized carbons (Fsp3) is 0.263. The van der Waals surface area contributed by atoms with E-state index in [1.165, 1.54) is 9.25 Å². The first kappa shape index (κ1) is 19.1. The van der Waals surface area contributed by atoms with E-state index in [4.69, 9.17) is 0 Å². The molecule has 1 heterocycles. The van der Waals surface area contributed by atoms with Crippen LogP contribution in [0.2, 0.25) is 0 Å². The summed E-state index contributed by atoms with van der Waals surface area (Å²) in [6, 6.07) is 14.4. The molecule has 0 unspecified atom stereocenters. The standard InChI is InChI=1S/C19H22N4O3S/c1-14-9-10-17(13-15(14)2)27(25,26)20-11-12-23-19(24)22(3)18(21-23)16-7-5-4-6-8-16/h4-10,13,20H,11-12H2,1-3H3. The normalized spacial score (nSPS) is 11.7. The summed E-state index contributed by atoms with van der Waals surface area (Å²) in [7, 11) is -1.99. The molecule has 0 bridgehead atoms. The molecule has 142 valence electrons. The van der Waals surface area contributed by atoms with Crippen molar-refractivity contribution in [2.24, 2.45) is 7.05 Å². The second-order valence-electron chi connectivity index (χ2n) is 6.40. The maximum Gasteiger partial charge on any atom is 0.345 e. The molecular formula is C19H22N4O3S. The van der Waals surface area contributed by atoms with Crippen LogP contribution >= 0.6 is 0 Å². The van der Waals surface area contributed by atoms with Gasteiger partial charge in [0.1, 0.15) is 0 Å². The van der Waals surface area contributed by atoms with Gasteiger partial charge in [0.25, 0.3) is 0 Å². The quantitative estimate of drug-likeness (QED) is 0.700. The average molecular weight is 386 g/mol. The molecule has 0 amide bonds. The predicted molar refractivity (Wildman–Crippen MR) is 104 cm³/mol. The van der Waals surface area contributed by atoms with Gasteiger partial charge >= 0.3 is 5.69 Å². The summed E-state index contributed by atoms with van der Waals surface area (Å²) in [5.41, 5.74) is 2.47. The molecule has 3 aromatic rings. The minimum Gasteiger partial charge on any atom is -0.278 e. The number of nitrogens with zero attached hydrogens (tertiary/aromatic N) is 3. The highest BCUT2D eigenvalue weighted by molar-refractivity contribution is 7.89. The van der Waals surface area contributed by atoms with Crippen molar-refractivity contribution in [3.63, 3.8) is 0 Å². The van der Waals surface area contributed by atoms with Crippen molar-refractivity contribution in [1.82, 2.24) is 19.1 Å². The Morgan fingerprint density at radius 3 is 2.41 bits per heavy atom. The minimum absolute atomic E-state index is 0.0698. The van der Waals surface area contributed by atoms with Crippen LogP contribution in [0.1, 0.15) is 11.1 Å². The highest BCUT2D eigenvalue weighted by Gasteiger charge is 2.16. The Morgan fingerprint density at radius 2 is 1.74 bits per heavy atom. The molecule has 2 aromatic carbocycles. The number of nitrogens with one attached hydrogen (secondary N) is 1. The lowest BCUT2D eigenvalue weighted by atomic mass is 10.1. The van der Waals surface area contributed by atoms with Gasteiger partial charge in [-0.2, -0.15) is 0 Å². The van der Waals surface area contributed by atoms with Gasteiger partial charge in [0, 0.05) is 19.2 Å². The van der Waals surface area contributed by atoms with Crippen LogP contribution in [-0.2, 0) is 23.6 Å². The second kappa shape index (κ2) is 7.50. The van der Waals surface area contributed by atoms with Crippen LogP contribution < -0.4 is 10.4 Å². The summed E-state index contributed by atoms with van der Waals surface area (Å²) in [5, 5.41) is 4.33. The van der Waals surface area contributed by atoms with E-state index in [-0.39, 0.29) is 23.7 Å². The second-order valence-corrected chi connectivity index (χ2v) is 8.17. The van der Waals surface area contributed by atoms with E-state index in [0.717, 1.165) is 16.7 Å². The lowest BCUT2D eigenvalue weighted by Crippen LogP contribution is -2.31. The minimum atomic E-state index is -3.64. The summed E-state index contributed by atoms with van der Waals surface area (Å²) in [6.45, 7) is 4.01. The molecule has 0 spiro atoms. The van der Waals surface area contributed by atoms with Crippen LogP contribution in [0.5, 0.6) is 0 Å². The molecule has 0 atom stereocenters. The first-order chi connectivity index (χ1) is 12.8. The highest BCUT2D eigenvalue weighted by atomic mass is 32.2. The zero-order valence-corrected chi connectivity index (χ0v) is 16.3. The van der Waals surface area contributed by atoms with Gasteiger partial charge in [-0.1, -0.05) is 36.4 Å². The van der Waals surface area contributed by atoms with Crippen LogP contribution in [0.4, 0.5) is 0 Å². The molecule has 0 fully saturated rings. The number of rotatable bonds is 6. The third-order valence-corrected chi connectivity index (χ3v) is 5.94. The van der Waals surface area contributed by atoms with E-state index in [0.29, 0.717) is 5.82 Å². The summed E-state index contributed by atoms with van der Waals surface area (Å²) < 4.78 is 30.1. The van der Waals surface area contributed by atoms with E-state index < -0.39 is 10.0 Å². The molecule has 8 heteroatoms. The Kier molecular flexibility index (Phi) is 5.29. The number of sulfonamides is 1. The van der Waals surface area contributed by atoms with Crippen molar-refractivity contribution in [3.05, 3.63) is 70.1 Å². The predicted octanol–water partition coefficient (Wildman–Crippen LogP) is 1.84. The van der Waals surface area contributed by atoms with Crippen LogP contribution in [0.3, 0.4) is 0 Å². The molecule has 27 heavy (non-hydrogen) atoms. The van der Waals surface area contributed by atoms with E-state index in [1.807, 2.05) is 44.2 Å².